The fraction of sp³-hybridized carbons (Fsp3) is 0.273. The third-order valence-corrected chi connectivity index (χ3v) is 6.37. The topological polar surface area (TPSA) is 80.5 Å². The number of hydrogen-bond acceptors (Lipinski definition) is 4. The molecule has 0 radical (unpaired) electrons. The Balaban J connectivity index is 1.60. The van der Waals surface area contributed by atoms with Crippen molar-refractivity contribution in [2.24, 2.45) is 10.7 Å². The van der Waals surface area contributed by atoms with Crippen LogP contribution in [0.25, 0.3) is 10.9 Å². The number of carbonyl (C=O) groups excluding carboxylic acids is 1. The number of nitrogens with zero attached hydrogens (tertiary/aromatic N) is 1. The Morgan fingerprint density at radius 3 is 2.79 bits per heavy atom. The number of aromatic nitrogens is 1. The molecule has 2 aromatic carbocycles. The zero-order valence-corrected chi connectivity index (χ0v) is 16.5. The number of hydrogen-bond donors (Lipinski definition) is 2. The molecule has 4 rings (SSSR count). The van der Waals surface area contributed by atoms with Crippen molar-refractivity contribution >= 4 is 33.8 Å². The molecule has 1 aliphatic heterocycles. The number of rotatable bonds is 6. The van der Waals surface area contributed by atoms with Crippen molar-refractivity contribution in [3.63, 3.8) is 0 Å². The Labute approximate surface area is 168 Å². The number of benzene rings is 2. The molecule has 2 atom stereocenters. The van der Waals surface area contributed by atoms with Crippen molar-refractivity contribution < 1.29 is 9.53 Å². The van der Waals surface area contributed by atoms with Gasteiger partial charge in [-0.15, -0.1) is 11.8 Å². The van der Waals surface area contributed by atoms with Crippen molar-refractivity contribution in [2.75, 3.05) is 5.75 Å². The lowest BCUT2D eigenvalue weighted by atomic mass is 9.96. The van der Waals surface area contributed by atoms with Gasteiger partial charge in [-0.2, -0.15) is 0 Å². The van der Waals surface area contributed by atoms with Gasteiger partial charge in [0, 0.05) is 29.3 Å². The average Bonchev–Trinajstić information content (AvgIpc) is 3.30. The van der Waals surface area contributed by atoms with Gasteiger partial charge in [0.05, 0.1) is 6.04 Å². The Bertz CT molecular complexity index is 1010. The summed E-state index contributed by atoms with van der Waals surface area (Å²) in [6.07, 6.45) is 2.58. The van der Waals surface area contributed by atoms with Crippen LogP contribution in [0.15, 0.2) is 65.8 Å². The van der Waals surface area contributed by atoms with E-state index >= 15 is 0 Å². The molecule has 2 heterocycles. The standard InChI is InChI=1S/C22H23N3O2S/c1-22(27-21(23)26,12-16-13-24-19-10-6-5-9-18(16)19)20-25-17(14-28-20)11-15-7-3-2-4-8-15/h2-10,13,17,24H,11-12,14H2,1H3,(H2,23,26). The third-order valence-electron chi connectivity index (χ3n) is 5.01. The van der Waals surface area contributed by atoms with Crippen LogP contribution in [0.5, 0.6) is 0 Å². The molecule has 0 spiro atoms. The summed E-state index contributed by atoms with van der Waals surface area (Å²) in [4.78, 5) is 19.8. The van der Waals surface area contributed by atoms with Gasteiger partial charge in [-0.05, 0) is 30.5 Å². The van der Waals surface area contributed by atoms with Crippen molar-refractivity contribution in [1.29, 1.82) is 0 Å². The number of fused-ring (bicyclic) bond motifs is 1. The van der Waals surface area contributed by atoms with Crippen LogP contribution in [0.4, 0.5) is 4.79 Å². The normalized spacial score (nSPS) is 18.6. The summed E-state index contributed by atoms with van der Waals surface area (Å²) in [5.41, 5.74) is 7.92. The van der Waals surface area contributed by atoms with Crippen molar-refractivity contribution in [2.45, 2.75) is 31.4 Å². The van der Waals surface area contributed by atoms with Gasteiger partial charge in [0.1, 0.15) is 5.04 Å². The quantitative estimate of drug-likeness (QED) is 0.654. The Morgan fingerprint density at radius 2 is 2.00 bits per heavy atom. The molecule has 6 heteroatoms. The predicted octanol–water partition coefficient (Wildman–Crippen LogP) is 4.32. The highest BCUT2D eigenvalue weighted by Gasteiger charge is 2.39. The zero-order valence-electron chi connectivity index (χ0n) is 15.7. The number of carbonyl (C=O) groups is 1. The summed E-state index contributed by atoms with van der Waals surface area (Å²) < 4.78 is 5.62. The molecular weight excluding hydrogens is 370 g/mol. The monoisotopic (exact) mass is 393 g/mol. The van der Waals surface area contributed by atoms with E-state index in [1.807, 2.05) is 49.5 Å². The van der Waals surface area contributed by atoms with Gasteiger partial charge in [-0.25, -0.2) is 4.79 Å². The molecule has 1 aromatic heterocycles. The van der Waals surface area contributed by atoms with Crippen molar-refractivity contribution in [3.8, 4) is 0 Å². The highest BCUT2D eigenvalue weighted by Crippen LogP contribution is 2.34. The van der Waals surface area contributed by atoms with Crippen LogP contribution >= 0.6 is 11.8 Å². The Kier molecular flexibility index (Phi) is 5.13. The van der Waals surface area contributed by atoms with E-state index in [1.54, 1.807) is 11.8 Å². The maximum absolute atomic E-state index is 11.7. The fourth-order valence-corrected chi connectivity index (χ4v) is 4.90. The second-order valence-electron chi connectivity index (χ2n) is 7.28. The van der Waals surface area contributed by atoms with Crippen LogP contribution in [0, 0.1) is 0 Å². The molecule has 1 aliphatic rings. The van der Waals surface area contributed by atoms with E-state index in [1.165, 1.54) is 5.56 Å². The number of para-hydroxylation sites is 1. The first-order chi connectivity index (χ1) is 13.5. The molecule has 0 fully saturated rings. The number of primary amides is 1. The molecule has 0 bridgehead atoms. The van der Waals surface area contributed by atoms with E-state index < -0.39 is 11.7 Å². The van der Waals surface area contributed by atoms with Crippen LogP contribution in [0.3, 0.4) is 0 Å². The van der Waals surface area contributed by atoms with Crippen LogP contribution in [0.1, 0.15) is 18.1 Å². The number of H-pyrrole nitrogens is 1. The van der Waals surface area contributed by atoms with E-state index in [-0.39, 0.29) is 6.04 Å². The van der Waals surface area contributed by atoms with Gasteiger partial charge in [0.25, 0.3) is 0 Å². The van der Waals surface area contributed by atoms with Gasteiger partial charge < -0.3 is 15.5 Å². The van der Waals surface area contributed by atoms with Crippen LogP contribution in [0.2, 0.25) is 0 Å². The maximum Gasteiger partial charge on any atom is 0.405 e. The van der Waals surface area contributed by atoms with Gasteiger partial charge in [-0.3, -0.25) is 4.99 Å². The van der Waals surface area contributed by atoms with Crippen LogP contribution in [-0.4, -0.2) is 33.5 Å². The molecule has 0 saturated carbocycles. The molecule has 2 unspecified atom stereocenters. The molecule has 0 saturated heterocycles. The summed E-state index contributed by atoms with van der Waals surface area (Å²) in [5, 5.41) is 1.95. The molecule has 5 nitrogen and oxygen atoms in total. The highest BCUT2D eigenvalue weighted by molar-refractivity contribution is 8.14. The number of aliphatic imine (C=N–C) groups is 1. The number of amides is 1. The lowest BCUT2D eigenvalue weighted by molar-refractivity contribution is 0.0829. The molecule has 1 amide bonds. The van der Waals surface area contributed by atoms with Gasteiger partial charge >= 0.3 is 6.09 Å². The second-order valence-corrected chi connectivity index (χ2v) is 8.29. The van der Waals surface area contributed by atoms with Crippen molar-refractivity contribution in [3.05, 3.63) is 71.9 Å². The number of nitrogens with two attached hydrogens (primary N) is 1. The van der Waals surface area contributed by atoms with Crippen LogP contribution < -0.4 is 5.73 Å². The van der Waals surface area contributed by atoms with E-state index in [9.17, 15) is 4.79 Å². The third kappa shape index (κ3) is 3.92. The van der Waals surface area contributed by atoms with E-state index in [0.29, 0.717) is 6.42 Å². The lowest BCUT2D eigenvalue weighted by Crippen LogP contribution is -2.42. The van der Waals surface area contributed by atoms with Crippen LogP contribution in [-0.2, 0) is 17.6 Å². The molecule has 144 valence electrons. The minimum atomic E-state index is -0.882. The fourth-order valence-electron chi connectivity index (χ4n) is 3.71. The number of thioether (sulfide) groups is 1. The maximum atomic E-state index is 11.7. The van der Waals surface area contributed by atoms with Gasteiger partial charge in [0.2, 0.25) is 0 Å². The first-order valence-electron chi connectivity index (χ1n) is 9.32. The highest BCUT2D eigenvalue weighted by atomic mass is 32.2. The number of aromatic amines is 1. The van der Waals surface area contributed by atoms with Gasteiger partial charge in [-0.1, -0.05) is 48.5 Å². The minimum absolute atomic E-state index is 0.168. The molecular formula is C22H23N3O2S. The molecule has 0 aliphatic carbocycles. The smallest absolute Gasteiger partial charge is 0.405 e. The predicted molar refractivity (Wildman–Crippen MR) is 115 cm³/mol. The van der Waals surface area contributed by atoms with E-state index in [4.69, 9.17) is 15.5 Å². The zero-order chi connectivity index (χ0) is 19.6. The van der Waals surface area contributed by atoms with Gasteiger partial charge in [0.15, 0.2) is 5.60 Å². The molecule has 3 aromatic rings. The first-order valence-corrected chi connectivity index (χ1v) is 10.3. The largest absolute Gasteiger partial charge is 0.436 e. The minimum Gasteiger partial charge on any atom is -0.436 e. The summed E-state index contributed by atoms with van der Waals surface area (Å²) in [7, 11) is 0. The summed E-state index contributed by atoms with van der Waals surface area (Å²) in [6, 6.07) is 18.6. The Hall–Kier alpha value is -2.73. The summed E-state index contributed by atoms with van der Waals surface area (Å²) in [6.45, 7) is 1.90. The first kappa shape index (κ1) is 18.6. The lowest BCUT2D eigenvalue weighted by Gasteiger charge is -2.28. The number of nitrogens with one attached hydrogen (secondary N) is 1. The Morgan fingerprint density at radius 1 is 1.25 bits per heavy atom. The SMILES string of the molecule is CC(Cc1c[nH]c2ccccc12)(OC(N)=O)C1=NC(Cc2ccccc2)CS1. The average molecular weight is 394 g/mol. The molecule has 28 heavy (non-hydrogen) atoms. The summed E-state index contributed by atoms with van der Waals surface area (Å²) in [5.74, 6) is 0.871. The second kappa shape index (κ2) is 7.72. The summed E-state index contributed by atoms with van der Waals surface area (Å²) >= 11 is 1.65. The number of ether oxygens (including phenoxy) is 1. The molecule has 3 N–H and O–H groups in total. The van der Waals surface area contributed by atoms with Crippen molar-refractivity contribution in [1.82, 2.24) is 4.98 Å². The van der Waals surface area contributed by atoms with E-state index in [2.05, 4.69) is 23.2 Å². The van der Waals surface area contributed by atoms with E-state index in [0.717, 1.165) is 33.7 Å².